The zero-order chi connectivity index (χ0) is 13.8. The zero-order valence-electron chi connectivity index (χ0n) is 12.0. The Labute approximate surface area is 125 Å². The van der Waals surface area contributed by atoms with Crippen molar-refractivity contribution >= 4 is 11.3 Å². The zero-order valence-corrected chi connectivity index (χ0v) is 12.8. The highest BCUT2D eigenvalue weighted by molar-refractivity contribution is 7.10. The van der Waals surface area contributed by atoms with E-state index in [1.54, 1.807) is 4.88 Å². The van der Waals surface area contributed by atoms with Crippen molar-refractivity contribution in [2.24, 2.45) is 0 Å². The Bertz CT molecular complexity index is 535. The van der Waals surface area contributed by atoms with Gasteiger partial charge in [0.1, 0.15) is 0 Å². The molecule has 20 heavy (non-hydrogen) atoms. The van der Waals surface area contributed by atoms with Crippen LogP contribution < -0.4 is 5.32 Å². The summed E-state index contributed by atoms with van der Waals surface area (Å²) in [5, 5.41) is 5.75. The molecular weight excluding hydrogens is 264 g/mol. The van der Waals surface area contributed by atoms with E-state index in [0.717, 1.165) is 19.6 Å². The minimum atomic E-state index is 0.476. The van der Waals surface area contributed by atoms with Crippen molar-refractivity contribution in [3.05, 3.63) is 57.8 Å². The van der Waals surface area contributed by atoms with Crippen LogP contribution in [0.1, 0.15) is 29.0 Å². The van der Waals surface area contributed by atoms with Gasteiger partial charge >= 0.3 is 0 Å². The first-order chi connectivity index (χ1) is 9.88. The van der Waals surface area contributed by atoms with E-state index in [4.69, 9.17) is 0 Å². The predicted octanol–water partition coefficient (Wildman–Crippen LogP) is 3.46. The van der Waals surface area contributed by atoms with Gasteiger partial charge in [-0.3, -0.25) is 4.90 Å². The molecule has 0 amide bonds. The topological polar surface area (TPSA) is 15.3 Å². The fraction of sp³-hybridized carbons (Fsp3) is 0.412. The monoisotopic (exact) mass is 286 g/mol. The maximum Gasteiger partial charge on any atom is 0.0476 e. The smallest absolute Gasteiger partial charge is 0.0476 e. The molecule has 1 aromatic heterocycles. The lowest BCUT2D eigenvalue weighted by Gasteiger charge is -2.35. The molecule has 1 atom stereocenters. The first-order valence-corrected chi connectivity index (χ1v) is 8.31. The Kier molecular flexibility index (Phi) is 4.51. The van der Waals surface area contributed by atoms with Crippen molar-refractivity contribution in [3.63, 3.8) is 0 Å². The normalized spacial score (nSPS) is 16.9. The maximum atomic E-state index is 3.52. The van der Waals surface area contributed by atoms with Gasteiger partial charge in [0.05, 0.1) is 0 Å². The van der Waals surface area contributed by atoms with Crippen LogP contribution in [0, 0.1) is 0 Å². The van der Waals surface area contributed by atoms with Gasteiger partial charge in [-0.25, -0.2) is 0 Å². The summed E-state index contributed by atoms with van der Waals surface area (Å²) in [6, 6.07) is 13.7. The SMILES string of the molecule is CCNCC(c1ccccc1)N1CCc2sccc2C1. The molecule has 2 nitrogen and oxygen atoms in total. The van der Waals surface area contributed by atoms with Crippen molar-refractivity contribution in [1.29, 1.82) is 0 Å². The summed E-state index contributed by atoms with van der Waals surface area (Å²) < 4.78 is 0. The molecule has 1 aromatic carbocycles. The highest BCUT2D eigenvalue weighted by atomic mass is 32.1. The Morgan fingerprint density at radius 3 is 2.90 bits per heavy atom. The van der Waals surface area contributed by atoms with Gasteiger partial charge in [-0.15, -0.1) is 11.3 Å². The van der Waals surface area contributed by atoms with E-state index in [0.29, 0.717) is 6.04 Å². The highest BCUT2D eigenvalue weighted by Crippen LogP contribution is 2.30. The molecule has 0 spiro atoms. The fourth-order valence-electron chi connectivity index (χ4n) is 2.95. The van der Waals surface area contributed by atoms with Crippen LogP contribution in [0.3, 0.4) is 0 Å². The maximum absolute atomic E-state index is 3.52. The molecule has 0 saturated heterocycles. The second-order valence-corrected chi connectivity index (χ2v) is 6.32. The standard InChI is InChI=1S/C17H22N2S/c1-2-18-12-16(14-6-4-3-5-7-14)19-10-8-17-15(13-19)9-11-20-17/h3-7,9,11,16,18H,2,8,10,12-13H2,1H3. The molecule has 1 aliphatic rings. The lowest BCUT2D eigenvalue weighted by Crippen LogP contribution is -2.38. The van der Waals surface area contributed by atoms with Crippen molar-refractivity contribution < 1.29 is 0 Å². The number of benzene rings is 1. The first kappa shape index (κ1) is 13.8. The number of likely N-dealkylation sites (N-methyl/N-ethyl adjacent to an activating group) is 1. The van der Waals surface area contributed by atoms with Gasteiger partial charge in [0, 0.05) is 30.6 Å². The van der Waals surface area contributed by atoms with Gasteiger partial charge in [0.2, 0.25) is 0 Å². The number of nitrogens with one attached hydrogen (secondary N) is 1. The number of rotatable bonds is 5. The van der Waals surface area contributed by atoms with Crippen LogP contribution in [-0.2, 0) is 13.0 Å². The number of nitrogens with zero attached hydrogens (tertiary/aromatic N) is 1. The Morgan fingerprint density at radius 1 is 1.25 bits per heavy atom. The van der Waals surface area contributed by atoms with Gasteiger partial charge in [0.25, 0.3) is 0 Å². The third-order valence-corrected chi connectivity index (χ3v) is 5.07. The van der Waals surface area contributed by atoms with E-state index in [2.05, 4.69) is 58.9 Å². The molecule has 0 bridgehead atoms. The molecule has 2 heterocycles. The predicted molar refractivity (Wildman–Crippen MR) is 86.2 cm³/mol. The van der Waals surface area contributed by atoms with E-state index in [1.807, 2.05) is 11.3 Å². The van der Waals surface area contributed by atoms with Gasteiger partial charge < -0.3 is 5.32 Å². The van der Waals surface area contributed by atoms with Gasteiger partial charge in [-0.05, 0) is 35.5 Å². The second kappa shape index (κ2) is 6.53. The number of hydrogen-bond donors (Lipinski definition) is 1. The van der Waals surface area contributed by atoms with Crippen LogP contribution in [-0.4, -0.2) is 24.5 Å². The van der Waals surface area contributed by atoms with Crippen molar-refractivity contribution in [2.75, 3.05) is 19.6 Å². The van der Waals surface area contributed by atoms with E-state index < -0.39 is 0 Å². The number of thiophene rings is 1. The Balaban J connectivity index is 1.80. The second-order valence-electron chi connectivity index (χ2n) is 5.32. The van der Waals surface area contributed by atoms with Gasteiger partial charge in [0.15, 0.2) is 0 Å². The molecule has 1 N–H and O–H groups in total. The molecule has 0 saturated carbocycles. The third kappa shape index (κ3) is 2.95. The Hall–Kier alpha value is -1.16. The van der Waals surface area contributed by atoms with Crippen LogP contribution in [0.25, 0.3) is 0 Å². The fourth-order valence-corrected chi connectivity index (χ4v) is 3.84. The van der Waals surface area contributed by atoms with Gasteiger partial charge in [-0.2, -0.15) is 0 Å². The summed E-state index contributed by atoms with van der Waals surface area (Å²) in [4.78, 5) is 4.20. The summed E-state index contributed by atoms with van der Waals surface area (Å²) in [5.74, 6) is 0. The lowest BCUT2D eigenvalue weighted by atomic mass is 10.0. The average Bonchev–Trinajstić information content (AvgIpc) is 2.96. The Morgan fingerprint density at radius 2 is 2.10 bits per heavy atom. The largest absolute Gasteiger partial charge is 0.315 e. The molecule has 0 fully saturated rings. The minimum absolute atomic E-state index is 0.476. The average molecular weight is 286 g/mol. The molecule has 1 unspecified atom stereocenters. The van der Waals surface area contributed by atoms with Crippen molar-refractivity contribution in [3.8, 4) is 0 Å². The third-order valence-electron chi connectivity index (χ3n) is 4.05. The molecule has 3 heteroatoms. The summed E-state index contributed by atoms with van der Waals surface area (Å²) in [5.41, 5.74) is 2.95. The lowest BCUT2D eigenvalue weighted by molar-refractivity contribution is 0.177. The van der Waals surface area contributed by atoms with Crippen molar-refractivity contribution in [1.82, 2.24) is 10.2 Å². The van der Waals surface area contributed by atoms with E-state index in [-0.39, 0.29) is 0 Å². The number of hydrogen-bond acceptors (Lipinski definition) is 3. The molecule has 0 radical (unpaired) electrons. The molecular formula is C17H22N2S. The molecule has 3 rings (SSSR count). The van der Waals surface area contributed by atoms with E-state index in [1.165, 1.54) is 24.1 Å². The number of fused-ring (bicyclic) bond motifs is 1. The quantitative estimate of drug-likeness (QED) is 0.905. The van der Waals surface area contributed by atoms with Crippen molar-refractivity contribution in [2.45, 2.75) is 25.9 Å². The molecule has 2 aromatic rings. The summed E-state index contributed by atoms with van der Waals surface area (Å²) in [6.45, 7) is 6.48. The first-order valence-electron chi connectivity index (χ1n) is 7.43. The van der Waals surface area contributed by atoms with Crippen LogP contribution in [0.4, 0.5) is 0 Å². The van der Waals surface area contributed by atoms with Crippen LogP contribution in [0.5, 0.6) is 0 Å². The van der Waals surface area contributed by atoms with Crippen LogP contribution in [0.2, 0.25) is 0 Å². The summed E-state index contributed by atoms with van der Waals surface area (Å²) in [6.07, 6.45) is 1.20. The summed E-state index contributed by atoms with van der Waals surface area (Å²) >= 11 is 1.91. The van der Waals surface area contributed by atoms with E-state index in [9.17, 15) is 0 Å². The molecule has 0 aliphatic carbocycles. The highest BCUT2D eigenvalue weighted by Gasteiger charge is 2.24. The molecule has 1 aliphatic heterocycles. The minimum Gasteiger partial charge on any atom is -0.315 e. The summed E-state index contributed by atoms with van der Waals surface area (Å²) in [7, 11) is 0. The molecule has 106 valence electrons. The van der Waals surface area contributed by atoms with Crippen LogP contribution in [0.15, 0.2) is 41.8 Å². The van der Waals surface area contributed by atoms with Gasteiger partial charge in [-0.1, -0.05) is 37.3 Å². The van der Waals surface area contributed by atoms with Crippen LogP contribution >= 0.6 is 11.3 Å². The van der Waals surface area contributed by atoms with E-state index >= 15 is 0 Å².